The maximum Gasteiger partial charge on any atom is 0.305 e. The Bertz CT molecular complexity index is 3710. The van der Waals surface area contributed by atoms with Gasteiger partial charge in [-0.25, -0.2) is 4.98 Å². The van der Waals surface area contributed by atoms with E-state index in [1.54, 1.807) is 6.92 Å². The number of imidazole rings is 1. The molecule has 4 aliphatic heterocycles. The highest BCUT2D eigenvalue weighted by Gasteiger charge is 2.45. The Hall–Kier alpha value is -10.3. The van der Waals surface area contributed by atoms with Crippen LogP contribution in [-0.2, 0) is 97.5 Å². The van der Waals surface area contributed by atoms with Gasteiger partial charge in [0, 0.05) is 61.0 Å². The molecule has 0 spiro atoms. The van der Waals surface area contributed by atoms with Gasteiger partial charge in [-0.05, 0) is 57.3 Å². The number of rotatable bonds is 19. The lowest BCUT2D eigenvalue weighted by Gasteiger charge is -2.31. The van der Waals surface area contributed by atoms with Gasteiger partial charge in [-0.15, -0.1) is 0 Å². The third-order valence-corrected chi connectivity index (χ3v) is 23.2. The number of carboxylic acid groups (broad SMARTS) is 1. The number of aliphatic hydroxyl groups is 1. The van der Waals surface area contributed by atoms with Crippen molar-refractivity contribution in [1.29, 1.82) is 0 Å². The van der Waals surface area contributed by atoms with Gasteiger partial charge < -0.3 is 129 Å². The number of carbonyl (C=O) groups is 19. The molecular formula is C65H102N24O21S4. The van der Waals surface area contributed by atoms with E-state index in [4.69, 9.17) is 34.4 Å². The Balaban J connectivity index is 1.68. The van der Waals surface area contributed by atoms with Gasteiger partial charge in [0.05, 0.1) is 38.7 Å². The Morgan fingerprint density at radius 1 is 0.561 bits per heavy atom. The van der Waals surface area contributed by atoms with Crippen LogP contribution >= 0.6 is 43.2 Å². The largest absolute Gasteiger partial charge is 0.481 e. The zero-order chi connectivity index (χ0) is 84.8. The minimum Gasteiger partial charge on any atom is -0.481 e. The number of primary amides is 3. The molecule has 4 aliphatic rings. The Labute approximate surface area is 669 Å². The van der Waals surface area contributed by atoms with E-state index in [-0.39, 0.29) is 77.0 Å². The first-order valence-electron chi connectivity index (χ1n) is 36.3. The summed E-state index contributed by atoms with van der Waals surface area (Å²) in [6, 6.07) is -25.5. The molecule has 0 aliphatic carbocycles. The summed E-state index contributed by atoms with van der Waals surface area (Å²) in [6.07, 6.45) is -0.645. The van der Waals surface area contributed by atoms with Crippen LogP contribution in [0.5, 0.6) is 0 Å². The van der Waals surface area contributed by atoms with E-state index in [0.29, 0.717) is 5.69 Å². The predicted molar refractivity (Wildman–Crippen MR) is 412 cm³/mol. The number of aliphatic imine (C=N–C) groups is 1. The topological polar surface area (TPSA) is 725 Å². The number of aliphatic hydroxyl groups excluding tert-OH is 1. The Morgan fingerprint density at radius 2 is 1.04 bits per heavy atom. The molecule has 5 heterocycles. The van der Waals surface area contributed by atoms with Crippen molar-refractivity contribution in [2.24, 2.45) is 51.2 Å². The summed E-state index contributed by atoms with van der Waals surface area (Å²) < 4.78 is 0. The maximum atomic E-state index is 15.0. The molecule has 5 rings (SSSR count). The number of nitrogens with one attached hydrogen (secondary N) is 14. The van der Waals surface area contributed by atoms with Crippen molar-refractivity contribution in [3.63, 3.8) is 0 Å². The van der Waals surface area contributed by atoms with Gasteiger partial charge in [0.1, 0.15) is 90.6 Å². The maximum absolute atomic E-state index is 15.0. The third kappa shape index (κ3) is 29.3. The number of aromatic nitrogens is 2. The smallest absolute Gasteiger partial charge is 0.305 e. The molecule has 49 heteroatoms. The third-order valence-electron chi connectivity index (χ3n) is 18.4. The lowest BCUT2D eigenvalue weighted by atomic mass is 9.97. The first-order chi connectivity index (χ1) is 53.9. The summed E-state index contributed by atoms with van der Waals surface area (Å²) in [5.74, 6) is -25.5. The predicted octanol–water partition coefficient (Wildman–Crippen LogP) is -10.5. The highest BCUT2D eigenvalue weighted by atomic mass is 33.1. The van der Waals surface area contributed by atoms with Crippen LogP contribution in [0.3, 0.4) is 0 Å². The molecule has 114 heavy (non-hydrogen) atoms. The zero-order valence-corrected chi connectivity index (χ0v) is 66.4. The number of nitrogens with two attached hydrogens (primary N) is 6. The van der Waals surface area contributed by atoms with Gasteiger partial charge in [0.15, 0.2) is 5.96 Å². The van der Waals surface area contributed by atoms with E-state index in [1.807, 2.05) is 0 Å². The van der Waals surface area contributed by atoms with E-state index >= 15 is 4.79 Å². The van der Waals surface area contributed by atoms with Crippen LogP contribution < -0.4 is 104 Å². The minimum absolute atomic E-state index is 0.00497. The summed E-state index contributed by atoms with van der Waals surface area (Å²) in [5, 5.41) is 52.5. The molecule has 1 aromatic heterocycles. The SMILES string of the molecule is CC[C@H](C)[C@@H]1NC(=O)[C@H](CC(=O)O)NC(=O)[C@@H]2CCCN2C(=O)[C@H](CC(N)=O)NC(=O)[C@H](CC(N)=O)NC(=O)[C@H](C(C)C)NC(=O)[C@H](CO)NC(=O)[C@@H]2CSSC[C@H](NC(=O)CN)C(=O)N[C@@H](CSSC[C@@H](C(N)=O)NC1=O)C(=O)N[C@@H](CCCN=C(N)N)C(=O)N[C@@H](Cc1cnc[nH]1)C(=O)N1CCC[C@H]1C(=O)N[C@@H](C)C(=O)N2. The molecular weight excluding hydrogens is 1580 g/mol. The fourth-order valence-corrected chi connectivity index (χ4v) is 16.7. The number of amides is 18. The number of aliphatic carboxylic acids is 1. The highest BCUT2D eigenvalue weighted by molar-refractivity contribution is 8.77. The number of H-pyrrole nitrogens is 1. The van der Waals surface area contributed by atoms with Crippen molar-refractivity contribution >= 4 is 161 Å². The highest BCUT2D eigenvalue weighted by Crippen LogP contribution is 2.27. The van der Waals surface area contributed by atoms with Crippen LogP contribution in [0.15, 0.2) is 17.5 Å². The second-order valence-corrected chi connectivity index (χ2v) is 32.6. The van der Waals surface area contributed by atoms with E-state index in [9.17, 15) is 96.5 Å². The van der Waals surface area contributed by atoms with E-state index in [1.165, 1.54) is 45.1 Å². The molecule has 1 aromatic rings. The second-order valence-electron chi connectivity index (χ2n) is 27.5. The van der Waals surface area contributed by atoms with Crippen LogP contribution in [0.4, 0.5) is 0 Å². The summed E-state index contributed by atoms with van der Waals surface area (Å²) in [4.78, 5) is 280. The summed E-state index contributed by atoms with van der Waals surface area (Å²) in [7, 11) is 3.17. The quantitative estimate of drug-likeness (QED) is 0.0265. The van der Waals surface area contributed by atoms with Crippen molar-refractivity contribution in [2.75, 3.05) is 55.8 Å². The molecule has 16 atom stereocenters. The number of hydrogen-bond acceptors (Lipinski definition) is 27. The van der Waals surface area contributed by atoms with Gasteiger partial charge in [0.25, 0.3) is 0 Å². The van der Waals surface area contributed by atoms with Gasteiger partial charge >= 0.3 is 5.97 Å². The van der Waals surface area contributed by atoms with Gasteiger partial charge in [0.2, 0.25) is 106 Å². The molecule has 632 valence electrons. The lowest BCUT2D eigenvalue weighted by Crippen LogP contribution is -2.62. The Kier molecular flexibility index (Phi) is 38.2. The second kappa shape index (κ2) is 46.2. The standard InChI is InChI=1S/C65H102N24O21S4/c1-6-29(4)49-62(108)83-38(50(69)96)23-111-113-26-41-57(103)77-32(10-7-13-73-65(70)71)52(98)80-35(16-31-21-72-27-74-31)63(109)88-14-8-11-42(88)59(105)75-30(5)51(97)84-40(25-114-112-24-39(56(102)85-41)76-46(93)20-66)58(104)82-37(22-90)55(101)86-48(28(2)3)61(107)79-33(17-44(67)91)53(99)81-36(18-45(68)92)64(110)89-15-9-12-43(89)60(106)78-34(19-47(94)95)54(100)87-49/h21,27-30,32-43,48-49,90H,6-20,22-26,66H2,1-5H3,(H2,67,91)(H2,68,92)(H2,69,96)(H,72,74)(H,75,105)(H,76,93)(H,77,103)(H,78,106)(H,79,107)(H,80,98)(H,81,99)(H,82,104)(H,83,108)(H,84,97)(H,85,102)(H,86,101)(H,87,100)(H,94,95)(H4,70,71,73)/t29-,30-,32-,33-,34-,35-,36-,37-,38-,39-,40-,41-,42-,43-,48-,49-/m0/s1. The van der Waals surface area contributed by atoms with Crippen molar-refractivity contribution in [3.8, 4) is 0 Å². The molecule has 4 fully saturated rings. The first-order valence-corrected chi connectivity index (χ1v) is 41.3. The fourth-order valence-electron chi connectivity index (χ4n) is 12.0. The molecule has 0 radical (unpaired) electrons. The number of guanidine groups is 1. The average Bonchev–Trinajstić information content (AvgIpc) is 1.63. The molecule has 18 amide bonds. The van der Waals surface area contributed by atoms with E-state index in [0.717, 1.165) is 48.1 Å². The zero-order valence-electron chi connectivity index (χ0n) is 63.1. The number of carboxylic acids is 1. The molecule has 28 N–H and O–H groups in total. The molecule has 0 saturated carbocycles. The number of hydrogen-bond donors (Lipinski definition) is 22. The van der Waals surface area contributed by atoms with Gasteiger partial charge in [-0.3, -0.25) is 96.1 Å². The molecule has 0 aromatic carbocycles. The van der Waals surface area contributed by atoms with Gasteiger partial charge in [-0.2, -0.15) is 0 Å². The van der Waals surface area contributed by atoms with Crippen LogP contribution in [0.25, 0.3) is 0 Å². The normalized spacial score (nSPS) is 27.8. The summed E-state index contributed by atoms with van der Waals surface area (Å²) in [5.41, 5.74) is 34.1. The number of aromatic amines is 1. The summed E-state index contributed by atoms with van der Waals surface area (Å²) >= 11 is 0. The van der Waals surface area contributed by atoms with Crippen LogP contribution in [0, 0.1) is 11.8 Å². The molecule has 4 saturated heterocycles. The monoisotopic (exact) mass is 1680 g/mol. The van der Waals surface area contributed by atoms with E-state index < -0.39 is 270 Å². The Morgan fingerprint density at radius 3 is 1.59 bits per heavy atom. The van der Waals surface area contributed by atoms with Crippen molar-refractivity contribution in [3.05, 3.63) is 18.2 Å². The van der Waals surface area contributed by atoms with E-state index in [2.05, 4.69) is 84.1 Å². The van der Waals surface area contributed by atoms with Crippen molar-refractivity contribution in [1.82, 2.24) is 88.9 Å². The van der Waals surface area contributed by atoms with Crippen LogP contribution in [0.1, 0.15) is 105 Å². The molecule has 2 bridgehead atoms. The van der Waals surface area contributed by atoms with Crippen molar-refractivity contribution in [2.45, 2.75) is 196 Å². The van der Waals surface area contributed by atoms with Crippen LogP contribution in [-0.4, -0.2) is 295 Å². The summed E-state index contributed by atoms with van der Waals surface area (Å²) in [6.45, 7) is 4.88. The number of fused-ring (bicyclic) bond motifs is 10. The minimum atomic E-state index is -2.02. The van der Waals surface area contributed by atoms with Crippen LogP contribution in [0.2, 0.25) is 0 Å². The number of carbonyl (C=O) groups excluding carboxylic acids is 18. The first kappa shape index (κ1) is 94.3. The fraction of sp³-hybridized carbons (Fsp3) is 0.646. The van der Waals surface area contributed by atoms with Gasteiger partial charge in [-0.1, -0.05) is 77.3 Å². The molecule has 45 nitrogen and oxygen atoms in total. The molecule has 0 unspecified atom stereocenters. The average molecular weight is 1680 g/mol. The lowest BCUT2D eigenvalue weighted by molar-refractivity contribution is -0.145. The van der Waals surface area contributed by atoms with Crippen molar-refractivity contribution < 1.29 is 101 Å². The number of nitrogens with zero attached hydrogens (tertiary/aromatic N) is 4.